The van der Waals surface area contributed by atoms with Crippen LogP contribution in [0.2, 0.25) is 0 Å². The van der Waals surface area contributed by atoms with Crippen LogP contribution in [-0.2, 0) is 4.79 Å². The summed E-state index contributed by atoms with van der Waals surface area (Å²) in [6, 6.07) is 1.86. The Kier molecular flexibility index (Phi) is 3.85. The Balaban J connectivity index is 1.36. The van der Waals surface area contributed by atoms with Gasteiger partial charge in [-0.25, -0.2) is 0 Å². The van der Waals surface area contributed by atoms with Gasteiger partial charge in [0.1, 0.15) is 0 Å². The molecule has 18 heavy (non-hydrogen) atoms. The third-order valence-corrected chi connectivity index (χ3v) is 4.56. The molecule has 0 aromatic heterocycles. The van der Waals surface area contributed by atoms with Crippen LogP contribution in [0.5, 0.6) is 0 Å². The third kappa shape index (κ3) is 3.04. The second kappa shape index (κ2) is 5.57. The zero-order valence-electron chi connectivity index (χ0n) is 11.2. The van der Waals surface area contributed by atoms with Gasteiger partial charge in [-0.3, -0.25) is 9.69 Å². The standard InChI is InChI=1S/C14H25N3O/c18-14(16-11-4-5-11)6-8-15-12-7-10-17-9-2-1-3-13(12)17/h11-13,15H,1-10H2,(H,16,18). The smallest absolute Gasteiger partial charge is 0.221 e. The van der Waals surface area contributed by atoms with Crippen LogP contribution in [0.1, 0.15) is 44.9 Å². The number of nitrogens with one attached hydrogen (secondary N) is 2. The monoisotopic (exact) mass is 251 g/mol. The van der Waals surface area contributed by atoms with Gasteiger partial charge in [0.05, 0.1) is 0 Å². The van der Waals surface area contributed by atoms with Crippen molar-refractivity contribution in [2.24, 2.45) is 0 Å². The second-order valence-corrected chi connectivity index (χ2v) is 6.04. The van der Waals surface area contributed by atoms with Gasteiger partial charge in [-0.1, -0.05) is 6.42 Å². The van der Waals surface area contributed by atoms with E-state index in [0.29, 0.717) is 18.5 Å². The Morgan fingerprint density at radius 3 is 2.83 bits per heavy atom. The van der Waals surface area contributed by atoms with Crippen molar-refractivity contribution in [1.82, 2.24) is 15.5 Å². The minimum Gasteiger partial charge on any atom is -0.353 e. The molecule has 2 N–H and O–H groups in total. The maximum Gasteiger partial charge on any atom is 0.221 e. The Bertz CT molecular complexity index is 303. The van der Waals surface area contributed by atoms with Gasteiger partial charge in [0.25, 0.3) is 0 Å². The molecule has 3 aliphatic rings. The van der Waals surface area contributed by atoms with Crippen molar-refractivity contribution in [2.75, 3.05) is 19.6 Å². The molecule has 4 nitrogen and oxygen atoms in total. The molecule has 3 fully saturated rings. The summed E-state index contributed by atoms with van der Waals surface area (Å²) in [5.74, 6) is 0.225. The van der Waals surface area contributed by atoms with Crippen molar-refractivity contribution in [2.45, 2.75) is 63.1 Å². The SMILES string of the molecule is O=C(CCNC1CCN2CCCCC12)NC1CC1. The molecular weight excluding hydrogens is 226 g/mol. The molecule has 4 heteroatoms. The summed E-state index contributed by atoms with van der Waals surface area (Å²) < 4.78 is 0. The van der Waals surface area contributed by atoms with E-state index >= 15 is 0 Å². The van der Waals surface area contributed by atoms with Gasteiger partial charge in [0, 0.05) is 37.6 Å². The fraction of sp³-hybridized carbons (Fsp3) is 0.929. The highest BCUT2D eigenvalue weighted by atomic mass is 16.1. The van der Waals surface area contributed by atoms with Crippen molar-refractivity contribution < 1.29 is 4.79 Å². The van der Waals surface area contributed by atoms with Gasteiger partial charge < -0.3 is 10.6 Å². The maximum absolute atomic E-state index is 11.6. The lowest BCUT2D eigenvalue weighted by molar-refractivity contribution is -0.121. The number of hydrogen-bond donors (Lipinski definition) is 2. The van der Waals surface area contributed by atoms with E-state index < -0.39 is 0 Å². The molecule has 0 aromatic rings. The minimum atomic E-state index is 0.225. The van der Waals surface area contributed by atoms with Crippen molar-refractivity contribution in [3.8, 4) is 0 Å². The molecule has 0 aromatic carbocycles. The van der Waals surface area contributed by atoms with Gasteiger partial charge in [0.15, 0.2) is 0 Å². The molecule has 2 saturated heterocycles. The van der Waals surface area contributed by atoms with Crippen LogP contribution < -0.4 is 10.6 Å². The summed E-state index contributed by atoms with van der Waals surface area (Å²) in [6.07, 6.45) is 8.34. The summed E-state index contributed by atoms with van der Waals surface area (Å²) in [4.78, 5) is 14.2. The van der Waals surface area contributed by atoms with Gasteiger partial charge >= 0.3 is 0 Å². The molecule has 2 heterocycles. The molecule has 2 atom stereocenters. The van der Waals surface area contributed by atoms with E-state index in [1.54, 1.807) is 0 Å². The number of hydrogen-bond acceptors (Lipinski definition) is 3. The highest BCUT2D eigenvalue weighted by molar-refractivity contribution is 5.76. The normalized spacial score (nSPS) is 32.2. The van der Waals surface area contributed by atoms with Gasteiger partial charge in [-0.15, -0.1) is 0 Å². The lowest BCUT2D eigenvalue weighted by Crippen LogP contribution is -2.45. The van der Waals surface area contributed by atoms with Crippen LogP contribution in [0.15, 0.2) is 0 Å². The van der Waals surface area contributed by atoms with Crippen LogP contribution in [0.4, 0.5) is 0 Å². The third-order valence-electron chi connectivity index (χ3n) is 4.56. The average Bonchev–Trinajstić information content (AvgIpc) is 3.09. The van der Waals surface area contributed by atoms with Crippen LogP contribution >= 0.6 is 0 Å². The number of fused-ring (bicyclic) bond motifs is 1. The predicted octanol–water partition coefficient (Wildman–Crippen LogP) is 0.872. The molecule has 1 aliphatic carbocycles. The van der Waals surface area contributed by atoms with Gasteiger partial charge in [0.2, 0.25) is 5.91 Å². The quantitative estimate of drug-likeness (QED) is 0.762. The molecule has 1 amide bonds. The molecule has 2 aliphatic heterocycles. The zero-order chi connectivity index (χ0) is 12.4. The number of nitrogens with zero attached hydrogens (tertiary/aromatic N) is 1. The highest BCUT2D eigenvalue weighted by Crippen LogP contribution is 2.27. The van der Waals surface area contributed by atoms with E-state index in [4.69, 9.17) is 0 Å². The molecule has 2 unspecified atom stereocenters. The predicted molar refractivity (Wildman–Crippen MR) is 71.4 cm³/mol. The first-order chi connectivity index (χ1) is 8.83. The molecule has 1 saturated carbocycles. The highest BCUT2D eigenvalue weighted by Gasteiger charge is 2.34. The maximum atomic E-state index is 11.6. The molecule has 0 radical (unpaired) electrons. The van der Waals surface area contributed by atoms with Gasteiger partial charge in [-0.2, -0.15) is 0 Å². The number of carbonyl (C=O) groups is 1. The summed E-state index contributed by atoms with van der Waals surface area (Å²) >= 11 is 0. The van der Waals surface area contributed by atoms with Crippen molar-refractivity contribution >= 4 is 5.91 Å². The van der Waals surface area contributed by atoms with Crippen molar-refractivity contribution in [1.29, 1.82) is 0 Å². The second-order valence-electron chi connectivity index (χ2n) is 6.04. The lowest BCUT2D eigenvalue weighted by atomic mass is 9.99. The van der Waals surface area contributed by atoms with Crippen LogP contribution in [-0.4, -0.2) is 48.6 Å². The van der Waals surface area contributed by atoms with Crippen molar-refractivity contribution in [3.63, 3.8) is 0 Å². The van der Waals surface area contributed by atoms with Crippen LogP contribution in [0.25, 0.3) is 0 Å². The lowest BCUT2D eigenvalue weighted by Gasteiger charge is -2.32. The first-order valence-corrected chi connectivity index (χ1v) is 7.60. The number of piperidine rings is 1. The molecular formula is C14H25N3O. The Hall–Kier alpha value is -0.610. The Labute approximate surface area is 109 Å². The topological polar surface area (TPSA) is 44.4 Å². The number of rotatable bonds is 5. The van der Waals surface area contributed by atoms with Crippen LogP contribution in [0.3, 0.4) is 0 Å². The largest absolute Gasteiger partial charge is 0.353 e. The van der Waals surface area contributed by atoms with Crippen molar-refractivity contribution in [3.05, 3.63) is 0 Å². The summed E-state index contributed by atoms with van der Waals surface area (Å²) in [5, 5.41) is 6.65. The van der Waals surface area contributed by atoms with E-state index in [9.17, 15) is 4.79 Å². The Morgan fingerprint density at radius 2 is 2.00 bits per heavy atom. The number of carbonyl (C=O) groups excluding carboxylic acids is 1. The summed E-state index contributed by atoms with van der Waals surface area (Å²) in [6.45, 7) is 3.37. The van der Waals surface area contributed by atoms with E-state index in [-0.39, 0.29) is 5.91 Å². The molecule has 102 valence electrons. The molecule has 3 rings (SSSR count). The fourth-order valence-corrected chi connectivity index (χ4v) is 3.38. The molecule has 0 spiro atoms. The van der Waals surface area contributed by atoms with Crippen LogP contribution in [0, 0.1) is 0 Å². The van der Waals surface area contributed by atoms with E-state index in [1.807, 2.05) is 0 Å². The first-order valence-electron chi connectivity index (χ1n) is 7.60. The first kappa shape index (κ1) is 12.4. The van der Waals surface area contributed by atoms with E-state index in [1.165, 1.54) is 51.6 Å². The minimum absolute atomic E-state index is 0.225. The van der Waals surface area contributed by atoms with Gasteiger partial charge in [-0.05, 0) is 38.6 Å². The van der Waals surface area contributed by atoms with E-state index in [0.717, 1.165) is 12.6 Å². The average molecular weight is 251 g/mol. The Morgan fingerprint density at radius 1 is 1.11 bits per heavy atom. The molecule has 0 bridgehead atoms. The fourth-order valence-electron chi connectivity index (χ4n) is 3.38. The number of amides is 1. The summed E-state index contributed by atoms with van der Waals surface area (Å²) in [5.41, 5.74) is 0. The summed E-state index contributed by atoms with van der Waals surface area (Å²) in [7, 11) is 0. The zero-order valence-corrected chi connectivity index (χ0v) is 11.2. The van der Waals surface area contributed by atoms with E-state index in [2.05, 4.69) is 15.5 Å².